The van der Waals surface area contributed by atoms with Crippen molar-refractivity contribution in [1.82, 2.24) is 4.90 Å². The molecule has 1 aliphatic heterocycles. The van der Waals surface area contributed by atoms with Gasteiger partial charge in [-0.05, 0) is 25.2 Å². The highest BCUT2D eigenvalue weighted by atomic mass is 35.5. The summed E-state index contributed by atoms with van der Waals surface area (Å²) in [7, 11) is 0. The predicted octanol–water partition coefficient (Wildman–Crippen LogP) is 2.18. The molecule has 96 valence electrons. The predicted molar refractivity (Wildman–Crippen MR) is 69.7 cm³/mol. The third kappa shape index (κ3) is 5.17. The van der Waals surface area contributed by atoms with E-state index < -0.39 is 0 Å². The van der Waals surface area contributed by atoms with Crippen molar-refractivity contribution < 1.29 is 4.79 Å². The van der Waals surface area contributed by atoms with Crippen LogP contribution in [0.4, 0.5) is 0 Å². The van der Waals surface area contributed by atoms with E-state index in [1.54, 1.807) is 0 Å². The van der Waals surface area contributed by atoms with E-state index in [2.05, 4.69) is 13.8 Å². The highest BCUT2D eigenvalue weighted by Gasteiger charge is 2.22. The van der Waals surface area contributed by atoms with Crippen LogP contribution in [0, 0.1) is 5.92 Å². The molecular weight excluding hydrogens is 224 g/mol. The van der Waals surface area contributed by atoms with Crippen molar-refractivity contribution in [2.24, 2.45) is 11.7 Å². The molecule has 16 heavy (non-hydrogen) atoms. The Balaban J connectivity index is 0.00000225. The van der Waals surface area contributed by atoms with E-state index >= 15 is 0 Å². The van der Waals surface area contributed by atoms with Gasteiger partial charge in [-0.15, -0.1) is 12.4 Å². The van der Waals surface area contributed by atoms with Gasteiger partial charge >= 0.3 is 0 Å². The molecule has 2 N–H and O–H groups in total. The van der Waals surface area contributed by atoms with E-state index in [0.717, 1.165) is 32.4 Å². The number of carbonyl (C=O) groups is 1. The average Bonchev–Trinajstić information content (AvgIpc) is 2.43. The van der Waals surface area contributed by atoms with Crippen LogP contribution in [0.5, 0.6) is 0 Å². The zero-order valence-electron chi connectivity index (χ0n) is 10.4. The van der Waals surface area contributed by atoms with E-state index in [4.69, 9.17) is 5.73 Å². The van der Waals surface area contributed by atoms with Crippen LogP contribution in [0.2, 0.25) is 0 Å². The average molecular weight is 249 g/mol. The summed E-state index contributed by atoms with van der Waals surface area (Å²) < 4.78 is 0. The van der Waals surface area contributed by atoms with Crippen molar-refractivity contribution >= 4 is 18.3 Å². The van der Waals surface area contributed by atoms with Gasteiger partial charge in [0.25, 0.3) is 0 Å². The number of amides is 1. The van der Waals surface area contributed by atoms with Gasteiger partial charge in [-0.3, -0.25) is 4.79 Å². The maximum absolute atomic E-state index is 12.0. The number of halogens is 1. The minimum Gasteiger partial charge on any atom is -0.341 e. The van der Waals surface area contributed by atoms with Gasteiger partial charge < -0.3 is 10.6 Å². The topological polar surface area (TPSA) is 46.3 Å². The molecule has 0 aromatic rings. The van der Waals surface area contributed by atoms with Gasteiger partial charge in [-0.1, -0.05) is 26.7 Å². The molecule has 1 rings (SSSR count). The molecule has 1 heterocycles. The van der Waals surface area contributed by atoms with Gasteiger partial charge in [0.2, 0.25) is 5.91 Å². The van der Waals surface area contributed by atoms with E-state index in [-0.39, 0.29) is 24.4 Å². The summed E-state index contributed by atoms with van der Waals surface area (Å²) >= 11 is 0. The van der Waals surface area contributed by atoms with Crippen LogP contribution in [0.3, 0.4) is 0 Å². The number of nitrogens with zero attached hydrogens (tertiary/aromatic N) is 1. The lowest BCUT2D eigenvalue weighted by molar-refractivity contribution is -0.132. The van der Waals surface area contributed by atoms with Crippen molar-refractivity contribution in [3.8, 4) is 0 Å². The maximum Gasteiger partial charge on any atom is 0.239 e. The summed E-state index contributed by atoms with van der Waals surface area (Å²) in [4.78, 5) is 13.9. The van der Waals surface area contributed by atoms with Gasteiger partial charge in [0.05, 0.1) is 6.04 Å². The van der Waals surface area contributed by atoms with Crippen LogP contribution in [0.15, 0.2) is 0 Å². The molecule has 3 nitrogen and oxygen atoms in total. The standard InChI is InChI=1S/C12H24N2O.ClH/c1-10(2)9-11(13)12(15)14-7-5-3-4-6-8-14;/h10-11H,3-9,13H2,1-2H3;1H. The lowest BCUT2D eigenvalue weighted by Gasteiger charge is -2.24. The molecule has 0 aliphatic carbocycles. The molecule has 1 fully saturated rings. The molecule has 0 aromatic heterocycles. The van der Waals surface area contributed by atoms with Crippen molar-refractivity contribution in [2.45, 2.75) is 52.0 Å². The molecule has 0 spiro atoms. The van der Waals surface area contributed by atoms with Gasteiger partial charge in [0.15, 0.2) is 0 Å². The number of hydrogen-bond donors (Lipinski definition) is 1. The Morgan fingerprint density at radius 3 is 2.12 bits per heavy atom. The number of rotatable bonds is 3. The second-order valence-corrected chi connectivity index (χ2v) is 4.98. The fourth-order valence-electron chi connectivity index (χ4n) is 2.13. The van der Waals surface area contributed by atoms with E-state index in [1.807, 2.05) is 4.90 Å². The van der Waals surface area contributed by atoms with Gasteiger partial charge in [-0.25, -0.2) is 0 Å². The summed E-state index contributed by atoms with van der Waals surface area (Å²) in [5, 5.41) is 0. The Labute approximate surface area is 105 Å². The third-order valence-electron chi connectivity index (χ3n) is 2.96. The van der Waals surface area contributed by atoms with Crippen LogP contribution < -0.4 is 5.73 Å². The minimum absolute atomic E-state index is 0. The molecule has 0 aromatic carbocycles. The molecule has 1 aliphatic rings. The van der Waals surface area contributed by atoms with Crippen molar-refractivity contribution in [2.75, 3.05) is 13.1 Å². The molecule has 4 heteroatoms. The van der Waals surface area contributed by atoms with Crippen molar-refractivity contribution in [3.05, 3.63) is 0 Å². The first-order valence-electron chi connectivity index (χ1n) is 6.15. The SMILES string of the molecule is CC(C)CC(N)C(=O)N1CCCCCC1.Cl. The number of carbonyl (C=O) groups excluding carboxylic acids is 1. The molecule has 1 saturated heterocycles. The van der Waals surface area contributed by atoms with E-state index in [9.17, 15) is 4.79 Å². The first-order valence-corrected chi connectivity index (χ1v) is 6.15. The fraction of sp³-hybridized carbons (Fsp3) is 0.917. The monoisotopic (exact) mass is 248 g/mol. The largest absolute Gasteiger partial charge is 0.341 e. The second-order valence-electron chi connectivity index (χ2n) is 4.98. The number of likely N-dealkylation sites (tertiary alicyclic amines) is 1. The molecule has 1 amide bonds. The molecule has 1 atom stereocenters. The minimum atomic E-state index is -0.289. The normalized spacial score (nSPS) is 18.9. The smallest absolute Gasteiger partial charge is 0.239 e. The molecular formula is C12H25ClN2O. The number of nitrogens with two attached hydrogens (primary N) is 1. The molecule has 0 radical (unpaired) electrons. The Morgan fingerprint density at radius 2 is 1.69 bits per heavy atom. The van der Waals surface area contributed by atoms with Crippen LogP contribution >= 0.6 is 12.4 Å². The Morgan fingerprint density at radius 1 is 1.19 bits per heavy atom. The number of hydrogen-bond acceptors (Lipinski definition) is 2. The van der Waals surface area contributed by atoms with Crippen LogP contribution in [-0.2, 0) is 4.79 Å². The summed E-state index contributed by atoms with van der Waals surface area (Å²) in [5.41, 5.74) is 5.91. The van der Waals surface area contributed by atoms with Crippen molar-refractivity contribution in [3.63, 3.8) is 0 Å². The van der Waals surface area contributed by atoms with E-state index in [0.29, 0.717) is 5.92 Å². The first-order chi connectivity index (χ1) is 7.11. The Bertz CT molecular complexity index is 201. The van der Waals surface area contributed by atoms with Gasteiger partial charge in [0.1, 0.15) is 0 Å². The highest BCUT2D eigenvalue weighted by Crippen LogP contribution is 2.12. The summed E-state index contributed by atoms with van der Waals surface area (Å²) in [6, 6.07) is -0.289. The summed E-state index contributed by atoms with van der Waals surface area (Å²) in [6.07, 6.45) is 5.59. The molecule has 0 bridgehead atoms. The zero-order chi connectivity index (χ0) is 11.3. The van der Waals surface area contributed by atoms with Crippen molar-refractivity contribution in [1.29, 1.82) is 0 Å². The quantitative estimate of drug-likeness (QED) is 0.832. The lowest BCUT2D eigenvalue weighted by atomic mass is 10.0. The summed E-state index contributed by atoms with van der Waals surface area (Å²) in [5.74, 6) is 0.654. The van der Waals surface area contributed by atoms with Crippen LogP contribution in [0.1, 0.15) is 46.0 Å². The molecule has 1 unspecified atom stereocenters. The summed E-state index contributed by atoms with van der Waals surface area (Å²) in [6.45, 7) is 6.03. The zero-order valence-corrected chi connectivity index (χ0v) is 11.3. The highest BCUT2D eigenvalue weighted by molar-refractivity contribution is 5.85. The fourth-order valence-corrected chi connectivity index (χ4v) is 2.13. The maximum atomic E-state index is 12.0. The Hall–Kier alpha value is -0.280. The lowest BCUT2D eigenvalue weighted by Crippen LogP contribution is -2.44. The second kappa shape index (κ2) is 7.91. The van der Waals surface area contributed by atoms with Gasteiger partial charge in [0, 0.05) is 13.1 Å². The first kappa shape index (κ1) is 15.7. The van der Waals surface area contributed by atoms with Crippen LogP contribution in [0.25, 0.3) is 0 Å². The third-order valence-corrected chi connectivity index (χ3v) is 2.96. The van der Waals surface area contributed by atoms with E-state index in [1.165, 1.54) is 12.8 Å². The van der Waals surface area contributed by atoms with Gasteiger partial charge in [-0.2, -0.15) is 0 Å². The Kier molecular flexibility index (Phi) is 7.77. The van der Waals surface area contributed by atoms with Crippen LogP contribution in [-0.4, -0.2) is 29.9 Å². The molecule has 0 saturated carbocycles.